The minimum absolute atomic E-state index is 0.138. The summed E-state index contributed by atoms with van der Waals surface area (Å²) in [5.74, 6) is -0.548. The Morgan fingerprint density at radius 1 is 1.15 bits per heavy atom. The van der Waals surface area contributed by atoms with E-state index in [1.54, 1.807) is 13.8 Å². The van der Waals surface area contributed by atoms with Crippen molar-refractivity contribution >= 4 is 11.9 Å². The van der Waals surface area contributed by atoms with Crippen LogP contribution < -0.4 is 9.47 Å². The van der Waals surface area contributed by atoms with Crippen LogP contribution in [0.2, 0.25) is 0 Å². The Hall–Kier alpha value is -2.82. The molecule has 3 N–H and O–H groups in total. The van der Waals surface area contributed by atoms with Crippen LogP contribution in [0, 0.1) is 0 Å². The van der Waals surface area contributed by atoms with Gasteiger partial charge in [-0.15, -0.1) is 0 Å². The van der Waals surface area contributed by atoms with Gasteiger partial charge in [0.05, 0.1) is 30.1 Å². The topological polar surface area (TPSA) is 135 Å². The number of carboxylic acid groups (broad SMARTS) is 1. The van der Waals surface area contributed by atoms with E-state index >= 15 is 0 Å². The molecule has 1 spiro atoms. The number of carbonyl (C=O) groups excluding carboxylic acids is 1. The number of hydrogen-bond donors (Lipinski definition) is 3. The third kappa shape index (κ3) is 4.56. The Balaban J connectivity index is 1.55. The summed E-state index contributed by atoms with van der Waals surface area (Å²) >= 11 is 0. The van der Waals surface area contributed by atoms with Crippen molar-refractivity contribution in [3.63, 3.8) is 0 Å². The van der Waals surface area contributed by atoms with Gasteiger partial charge in [-0.3, -0.25) is 9.69 Å². The van der Waals surface area contributed by atoms with Crippen LogP contribution in [0.25, 0.3) is 0 Å². The molecule has 5 rings (SSSR count). The van der Waals surface area contributed by atoms with Gasteiger partial charge in [0.1, 0.15) is 5.76 Å². The summed E-state index contributed by atoms with van der Waals surface area (Å²) in [5.41, 5.74) is -2.58. The summed E-state index contributed by atoms with van der Waals surface area (Å²) in [6, 6.07) is 3.97. The monoisotopic (exact) mass is 545 g/mol. The first-order chi connectivity index (χ1) is 18.3. The van der Waals surface area contributed by atoms with E-state index in [1.807, 2.05) is 12.1 Å². The first-order valence-corrected chi connectivity index (χ1v) is 13.7. The smallest absolute Gasteiger partial charge is 0.339 e. The zero-order valence-corrected chi connectivity index (χ0v) is 23.1. The fraction of sp³-hybridized carbons (Fsp3) is 0.655. The number of fused-ring (bicyclic) bond motifs is 3. The molecule has 1 saturated heterocycles. The highest BCUT2D eigenvalue weighted by Crippen LogP contribution is 2.59. The zero-order chi connectivity index (χ0) is 28.2. The van der Waals surface area contributed by atoms with Gasteiger partial charge >= 0.3 is 11.9 Å². The summed E-state index contributed by atoms with van der Waals surface area (Å²) in [6.45, 7) is 7.12. The normalized spacial score (nSPS) is 29.0. The predicted molar refractivity (Wildman–Crippen MR) is 139 cm³/mol. The average Bonchev–Trinajstić information content (AvgIpc) is 3.52. The van der Waals surface area contributed by atoms with Gasteiger partial charge in [-0.2, -0.15) is 0 Å². The Bertz CT molecular complexity index is 1190. The maximum atomic E-state index is 13.7. The SMILES string of the molecule is COC1=C[C@]23CCCN2CCc2cc4c(cc2[C@]3(C)[C@H]1OC(=O)[C@@](O)(CCCC(C)(C)O)CC(=O)O)OCO4. The van der Waals surface area contributed by atoms with Crippen molar-refractivity contribution in [1.29, 1.82) is 0 Å². The van der Waals surface area contributed by atoms with Gasteiger partial charge in [0.2, 0.25) is 6.79 Å². The number of carboxylic acids is 1. The summed E-state index contributed by atoms with van der Waals surface area (Å²) in [7, 11) is 1.53. The number of carbonyl (C=O) groups is 2. The number of benzene rings is 1. The number of aliphatic hydroxyl groups is 2. The molecule has 10 nitrogen and oxygen atoms in total. The van der Waals surface area contributed by atoms with Gasteiger partial charge in [0.25, 0.3) is 0 Å². The van der Waals surface area contributed by atoms with E-state index in [4.69, 9.17) is 18.9 Å². The lowest BCUT2D eigenvalue weighted by Gasteiger charge is -2.48. The molecule has 3 heterocycles. The third-order valence-electron chi connectivity index (χ3n) is 9.09. The Morgan fingerprint density at radius 2 is 1.87 bits per heavy atom. The number of nitrogens with zero attached hydrogens (tertiary/aromatic N) is 1. The second kappa shape index (κ2) is 9.67. The molecule has 39 heavy (non-hydrogen) atoms. The minimum Gasteiger partial charge on any atom is -0.497 e. The summed E-state index contributed by atoms with van der Waals surface area (Å²) in [4.78, 5) is 27.9. The standard InChI is InChI=1S/C29H39NO9/c1-26(2,34)8-5-9-28(35,16-23(31)32)25(33)39-24-22(36-4)15-29-10-6-11-30(29)12-7-18-13-20-21(38-17-37-20)14-19(18)27(24,29)3/h13-15,24,34-35H,5-12,16-17H2,1-4H3,(H,31,32)/t24-,27+,28+,29-/m0/s1. The molecular weight excluding hydrogens is 506 g/mol. The highest BCUT2D eigenvalue weighted by Gasteiger charge is 2.66. The number of hydrogen-bond acceptors (Lipinski definition) is 9. The summed E-state index contributed by atoms with van der Waals surface area (Å²) in [5, 5.41) is 31.0. The lowest BCUT2D eigenvalue weighted by molar-refractivity contribution is -0.180. The molecule has 0 amide bonds. The Kier molecular flexibility index (Phi) is 6.88. The molecule has 1 aromatic carbocycles. The van der Waals surface area contributed by atoms with Gasteiger partial charge in [-0.05, 0) is 95.2 Å². The van der Waals surface area contributed by atoms with Crippen LogP contribution in [0.5, 0.6) is 11.5 Å². The van der Waals surface area contributed by atoms with Gasteiger partial charge in [-0.25, -0.2) is 4.79 Å². The first kappa shape index (κ1) is 27.7. The summed E-state index contributed by atoms with van der Waals surface area (Å²) < 4.78 is 23.4. The van der Waals surface area contributed by atoms with Crippen molar-refractivity contribution in [2.45, 2.75) is 94.0 Å². The highest BCUT2D eigenvalue weighted by molar-refractivity contribution is 5.85. The van der Waals surface area contributed by atoms with Gasteiger partial charge < -0.3 is 34.3 Å². The number of aliphatic carboxylic acids is 1. The van der Waals surface area contributed by atoms with Gasteiger partial charge in [0, 0.05) is 6.54 Å². The minimum atomic E-state index is -2.26. The molecule has 0 unspecified atom stereocenters. The molecule has 214 valence electrons. The molecule has 3 aliphatic heterocycles. The van der Waals surface area contributed by atoms with E-state index in [0.29, 0.717) is 17.3 Å². The van der Waals surface area contributed by atoms with Crippen molar-refractivity contribution in [2.24, 2.45) is 0 Å². The van der Waals surface area contributed by atoms with Crippen LogP contribution in [-0.2, 0) is 30.9 Å². The fourth-order valence-electron chi connectivity index (χ4n) is 7.12. The quantitative estimate of drug-likeness (QED) is 0.398. The molecule has 10 heteroatoms. The van der Waals surface area contributed by atoms with Crippen LogP contribution in [-0.4, -0.2) is 82.0 Å². The maximum Gasteiger partial charge on any atom is 0.339 e. The van der Waals surface area contributed by atoms with E-state index in [0.717, 1.165) is 43.5 Å². The lowest BCUT2D eigenvalue weighted by Crippen LogP contribution is -2.59. The average molecular weight is 546 g/mol. The van der Waals surface area contributed by atoms with Crippen LogP contribution in [0.15, 0.2) is 24.0 Å². The Labute approximate surface area is 228 Å². The molecule has 1 fully saturated rings. The molecule has 1 aliphatic carbocycles. The number of rotatable bonds is 9. The van der Waals surface area contributed by atoms with Crippen LogP contribution >= 0.6 is 0 Å². The van der Waals surface area contributed by atoms with Crippen LogP contribution in [0.3, 0.4) is 0 Å². The number of ether oxygens (including phenoxy) is 4. The second-order valence-corrected chi connectivity index (χ2v) is 12.1. The van der Waals surface area contributed by atoms with E-state index in [1.165, 1.54) is 7.11 Å². The van der Waals surface area contributed by atoms with Crippen LogP contribution in [0.4, 0.5) is 0 Å². The third-order valence-corrected chi connectivity index (χ3v) is 9.09. The van der Waals surface area contributed by atoms with Crippen LogP contribution in [0.1, 0.15) is 70.4 Å². The molecule has 0 aromatic heterocycles. The van der Waals surface area contributed by atoms with E-state index in [-0.39, 0.29) is 26.1 Å². The molecular formula is C29H39NO9. The zero-order valence-electron chi connectivity index (χ0n) is 23.1. The molecule has 0 radical (unpaired) electrons. The van der Waals surface area contributed by atoms with E-state index in [9.17, 15) is 24.9 Å². The molecule has 4 atom stereocenters. The van der Waals surface area contributed by atoms with E-state index < -0.39 is 46.6 Å². The molecule has 0 bridgehead atoms. The van der Waals surface area contributed by atoms with Gasteiger partial charge in [-0.1, -0.05) is 0 Å². The number of esters is 1. The second-order valence-electron chi connectivity index (χ2n) is 12.1. The molecule has 1 aromatic rings. The maximum absolute atomic E-state index is 13.7. The first-order valence-electron chi connectivity index (χ1n) is 13.7. The number of methoxy groups -OCH3 is 1. The van der Waals surface area contributed by atoms with E-state index in [2.05, 4.69) is 17.9 Å². The van der Waals surface area contributed by atoms with Gasteiger partial charge in [0.15, 0.2) is 23.2 Å². The summed E-state index contributed by atoms with van der Waals surface area (Å²) in [6.07, 6.45) is 3.26. The van der Waals surface area contributed by atoms with Crippen molar-refractivity contribution in [2.75, 3.05) is 27.0 Å². The molecule has 0 saturated carbocycles. The largest absolute Gasteiger partial charge is 0.497 e. The highest BCUT2D eigenvalue weighted by atomic mass is 16.7. The van der Waals surface area contributed by atoms with Crippen molar-refractivity contribution < 1.29 is 43.9 Å². The fourth-order valence-corrected chi connectivity index (χ4v) is 7.12. The molecule has 4 aliphatic rings. The lowest BCUT2D eigenvalue weighted by atomic mass is 9.65. The van der Waals surface area contributed by atoms with Crippen molar-refractivity contribution in [3.05, 3.63) is 35.1 Å². The predicted octanol–water partition coefficient (Wildman–Crippen LogP) is 2.67. The Morgan fingerprint density at radius 3 is 2.54 bits per heavy atom. The van der Waals surface area contributed by atoms with Crippen molar-refractivity contribution in [3.8, 4) is 11.5 Å². The van der Waals surface area contributed by atoms with Crippen molar-refractivity contribution in [1.82, 2.24) is 4.90 Å².